The topological polar surface area (TPSA) is 87.5 Å². The summed E-state index contributed by atoms with van der Waals surface area (Å²) in [4.78, 5) is 25.4. The van der Waals surface area contributed by atoms with E-state index in [0.717, 1.165) is 24.8 Å². The third-order valence-electron chi connectivity index (χ3n) is 4.84. The van der Waals surface area contributed by atoms with Gasteiger partial charge in [0.2, 0.25) is 5.91 Å². The molecular formula is C19H26N4O2. The first kappa shape index (κ1) is 17.3. The summed E-state index contributed by atoms with van der Waals surface area (Å²) in [5.41, 5.74) is 9.71. The number of allylic oxidation sites excluding steroid dienone is 2. The second-order valence-electron chi connectivity index (χ2n) is 6.84. The Kier molecular flexibility index (Phi) is 5.26. The maximum Gasteiger partial charge on any atom is 0.321 e. The molecule has 1 heterocycles. The van der Waals surface area contributed by atoms with Gasteiger partial charge in [-0.05, 0) is 55.4 Å². The number of carbonyl (C=O) groups excluding carboxylic acids is 2. The minimum Gasteiger partial charge on any atom is -0.397 e. The van der Waals surface area contributed by atoms with Gasteiger partial charge in [0.05, 0.1) is 11.4 Å². The molecule has 0 spiro atoms. The molecule has 1 aromatic rings. The van der Waals surface area contributed by atoms with Crippen LogP contribution in [-0.4, -0.2) is 36.0 Å². The Morgan fingerprint density at radius 3 is 2.84 bits per heavy atom. The molecule has 0 saturated carbocycles. The summed E-state index contributed by atoms with van der Waals surface area (Å²) in [5.74, 6) is -0.0649. The van der Waals surface area contributed by atoms with E-state index in [9.17, 15) is 9.59 Å². The van der Waals surface area contributed by atoms with Crippen molar-refractivity contribution in [1.82, 2.24) is 10.2 Å². The number of likely N-dealkylation sites (tertiary alicyclic amines) is 1. The molecule has 0 unspecified atom stereocenters. The highest BCUT2D eigenvalue weighted by atomic mass is 16.2. The number of carbonyl (C=O) groups is 2. The number of nitrogen functional groups attached to an aromatic ring is 1. The number of anilines is 2. The Hall–Kier alpha value is -2.50. The maximum atomic E-state index is 12.5. The summed E-state index contributed by atoms with van der Waals surface area (Å²) >= 11 is 0. The summed E-state index contributed by atoms with van der Waals surface area (Å²) in [6.07, 6.45) is 7.68. The van der Waals surface area contributed by atoms with Gasteiger partial charge < -0.3 is 21.3 Å². The van der Waals surface area contributed by atoms with Crippen LogP contribution >= 0.6 is 0 Å². The third kappa shape index (κ3) is 4.32. The van der Waals surface area contributed by atoms with Gasteiger partial charge in [0.25, 0.3) is 0 Å². The van der Waals surface area contributed by atoms with E-state index in [0.29, 0.717) is 24.5 Å². The van der Waals surface area contributed by atoms with E-state index < -0.39 is 0 Å². The van der Waals surface area contributed by atoms with Crippen LogP contribution < -0.4 is 16.4 Å². The number of urea groups is 1. The SMILES string of the molecule is CC(=O)N[C@H]1CCN(C(=O)Nc2cc(C3=CCCCC3)ccc2N)C1. The molecule has 6 heteroatoms. The summed E-state index contributed by atoms with van der Waals surface area (Å²) < 4.78 is 0. The number of benzene rings is 1. The number of nitrogens with one attached hydrogen (secondary N) is 2. The zero-order chi connectivity index (χ0) is 17.8. The molecular weight excluding hydrogens is 316 g/mol. The van der Waals surface area contributed by atoms with Crippen LogP contribution in [0.1, 0.15) is 44.6 Å². The lowest BCUT2D eigenvalue weighted by atomic mass is 9.93. The number of rotatable bonds is 3. The second kappa shape index (κ2) is 7.59. The van der Waals surface area contributed by atoms with Crippen LogP contribution in [0.25, 0.3) is 5.57 Å². The van der Waals surface area contributed by atoms with Gasteiger partial charge in [-0.1, -0.05) is 12.1 Å². The molecule has 0 bridgehead atoms. The van der Waals surface area contributed by atoms with E-state index in [1.54, 1.807) is 4.90 Å². The van der Waals surface area contributed by atoms with Gasteiger partial charge in [-0.15, -0.1) is 0 Å². The molecule has 3 amide bonds. The molecule has 1 aliphatic heterocycles. The van der Waals surface area contributed by atoms with Crippen molar-refractivity contribution in [1.29, 1.82) is 0 Å². The fourth-order valence-corrected chi connectivity index (χ4v) is 3.51. The first-order valence-corrected chi connectivity index (χ1v) is 8.95. The Morgan fingerprint density at radius 1 is 1.28 bits per heavy atom. The van der Waals surface area contributed by atoms with Crippen LogP contribution in [0, 0.1) is 0 Å². The zero-order valence-corrected chi connectivity index (χ0v) is 14.7. The molecule has 4 N–H and O–H groups in total. The highest BCUT2D eigenvalue weighted by molar-refractivity contribution is 5.93. The summed E-state index contributed by atoms with van der Waals surface area (Å²) in [5, 5.41) is 5.79. The van der Waals surface area contributed by atoms with Gasteiger partial charge in [-0.3, -0.25) is 4.79 Å². The Bertz CT molecular complexity index is 699. The third-order valence-corrected chi connectivity index (χ3v) is 4.84. The lowest BCUT2D eigenvalue weighted by Crippen LogP contribution is -2.38. The molecule has 2 aliphatic rings. The van der Waals surface area contributed by atoms with Crippen molar-refractivity contribution >= 4 is 28.9 Å². The van der Waals surface area contributed by atoms with E-state index in [2.05, 4.69) is 16.7 Å². The van der Waals surface area contributed by atoms with Gasteiger partial charge in [0.15, 0.2) is 0 Å². The molecule has 25 heavy (non-hydrogen) atoms. The van der Waals surface area contributed by atoms with Crippen molar-refractivity contribution in [2.45, 2.75) is 45.1 Å². The molecule has 1 fully saturated rings. The molecule has 6 nitrogen and oxygen atoms in total. The van der Waals surface area contributed by atoms with Gasteiger partial charge >= 0.3 is 6.03 Å². The number of hydrogen-bond donors (Lipinski definition) is 3. The second-order valence-corrected chi connectivity index (χ2v) is 6.84. The van der Waals surface area contributed by atoms with Crippen LogP contribution in [-0.2, 0) is 4.79 Å². The molecule has 0 radical (unpaired) electrons. The Morgan fingerprint density at radius 2 is 2.12 bits per heavy atom. The van der Waals surface area contributed by atoms with Crippen LogP contribution in [0.5, 0.6) is 0 Å². The van der Waals surface area contributed by atoms with Gasteiger partial charge in [-0.2, -0.15) is 0 Å². The molecule has 1 aromatic carbocycles. The average Bonchev–Trinajstić information content (AvgIpc) is 3.05. The first-order chi connectivity index (χ1) is 12.0. The van der Waals surface area contributed by atoms with E-state index in [-0.39, 0.29) is 18.0 Å². The summed E-state index contributed by atoms with van der Waals surface area (Å²) in [6.45, 7) is 2.65. The minimum atomic E-state index is -0.172. The van der Waals surface area contributed by atoms with Crippen LogP contribution in [0.3, 0.4) is 0 Å². The van der Waals surface area contributed by atoms with Gasteiger partial charge in [0, 0.05) is 26.1 Å². The summed E-state index contributed by atoms with van der Waals surface area (Å²) in [7, 11) is 0. The fourth-order valence-electron chi connectivity index (χ4n) is 3.51. The van der Waals surface area contributed by atoms with E-state index >= 15 is 0 Å². The van der Waals surface area contributed by atoms with Crippen molar-refractivity contribution in [3.8, 4) is 0 Å². The van der Waals surface area contributed by atoms with Crippen molar-refractivity contribution in [3.05, 3.63) is 29.8 Å². The molecule has 134 valence electrons. The van der Waals surface area contributed by atoms with Gasteiger partial charge in [0.1, 0.15) is 0 Å². The minimum absolute atomic E-state index is 0.0272. The zero-order valence-electron chi connectivity index (χ0n) is 14.7. The lowest BCUT2D eigenvalue weighted by molar-refractivity contribution is -0.119. The maximum absolute atomic E-state index is 12.5. The van der Waals surface area contributed by atoms with Crippen LogP contribution in [0.15, 0.2) is 24.3 Å². The Labute approximate surface area is 148 Å². The van der Waals surface area contributed by atoms with Crippen molar-refractivity contribution in [2.24, 2.45) is 0 Å². The lowest BCUT2D eigenvalue weighted by Gasteiger charge is -2.19. The highest BCUT2D eigenvalue weighted by Crippen LogP contribution is 2.30. The normalized spacial score (nSPS) is 20.1. The van der Waals surface area contributed by atoms with Crippen LogP contribution in [0.4, 0.5) is 16.2 Å². The number of amides is 3. The molecule has 3 rings (SSSR count). The first-order valence-electron chi connectivity index (χ1n) is 8.95. The Balaban J connectivity index is 1.67. The monoisotopic (exact) mass is 342 g/mol. The smallest absolute Gasteiger partial charge is 0.321 e. The van der Waals surface area contributed by atoms with Crippen molar-refractivity contribution in [3.63, 3.8) is 0 Å². The molecule has 1 saturated heterocycles. The van der Waals surface area contributed by atoms with Crippen molar-refractivity contribution < 1.29 is 9.59 Å². The molecule has 0 aromatic heterocycles. The van der Waals surface area contributed by atoms with E-state index in [1.807, 2.05) is 18.2 Å². The predicted octanol–water partition coefficient (Wildman–Crippen LogP) is 2.97. The average molecular weight is 342 g/mol. The molecule has 1 aliphatic carbocycles. The fraction of sp³-hybridized carbons (Fsp3) is 0.474. The van der Waals surface area contributed by atoms with Crippen LogP contribution in [0.2, 0.25) is 0 Å². The summed E-state index contributed by atoms with van der Waals surface area (Å²) in [6, 6.07) is 5.69. The largest absolute Gasteiger partial charge is 0.397 e. The number of nitrogens with zero attached hydrogens (tertiary/aromatic N) is 1. The highest BCUT2D eigenvalue weighted by Gasteiger charge is 2.27. The molecule has 1 atom stereocenters. The van der Waals surface area contributed by atoms with E-state index in [4.69, 9.17) is 5.73 Å². The quantitative estimate of drug-likeness (QED) is 0.738. The van der Waals surface area contributed by atoms with E-state index in [1.165, 1.54) is 25.3 Å². The number of nitrogens with two attached hydrogens (primary N) is 1. The van der Waals surface area contributed by atoms with Gasteiger partial charge in [-0.25, -0.2) is 4.79 Å². The standard InChI is InChI=1S/C19H26N4O2/c1-13(24)21-16-9-10-23(12-16)19(25)22-18-11-15(7-8-17(18)20)14-5-3-2-4-6-14/h5,7-8,11,16H,2-4,6,9-10,12,20H2,1H3,(H,21,24)(H,22,25)/t16-/m0/s1. The number of hydrogen-bond acceptors (Lipinski definition) is 3. The van der Waals surface area contributed by atoms with Crippen molar-refractivity contribution in [2.75, 3.05) is 24.1 Å². The predicted molar refractivity (Wildman–Crippen MR) is 100 cm³/mol.